The Morgan fingerprint density at radius 1 is 1.08 bits per heavy atom. The predicted octanol–water partition coefficient (Wildman–Crippen LogP) is 3.07. The Bertz CT molecular complexity index is 919. The second-order valence-corrected chi connectivity index (χ2v) is 6.97. The summed E-state index contributed by atoms with van der Waals surface area (Å²) in [6, 6.07) is 7.77. The highest BCUT2D eigenvalue weighted by Gasteiger charge is 2.20. The van der Waals surface area contributed by atoms with E-state index in [1.165, 1.54) is 18.1 Å². The molecular formula is C17H16ClN5O2S. The van der Waals surface area contributed by atoms with E-state index in [9.17, 15) is 0 Å². The third-order valence-corrected chi connectivity index (χ3v) is 5.16. The fourth-order valence-corrected chi connectivity index (χ4v) is 3.71. The van der Waals surface area contributed by atoms with Crippen LogP contribution < -0.4 is 9.64 Å². The lowest BCUT2D eigenvalue weighted by molar-refractivity contribution is 0.122. The number of hydrogen-bond donors (Lipinski definition) is 0. The molecule has 1 fully saturated rings. The highest BCUT2D eigenvalue weighted by atomic mass is 35.5. The lowest BCUT2D eigenvalue weighted by atomic mass is 10.3. The summed E-state index contributed by atoms with van der Waals surface area (Å²) in [4.78, 5) is 20.7. The number of anilines is 1. The van der Waals surface area contributed by atoms with E-state index in [4.69, 9.17) is 21.1 Å². The third kappa shape index (κ3) is 3.53. The molecule has 0 unspecified atom stereocenters. The van der Waals surface area contributed by atoms with Crippen LogP contribution in [0, 0.1) is 0 Å². The average Bonchev–Trinajstić information content (AvgIpc) is 2.69. The SMILES string of the molecule is COc1ccc(Sc2ncnc3c(N4CCOCC4)nc(Cl)nc23)cc1. The molecule has 3 heterocycles. The van der Waals surface area contributed by atoms with Gasteiger partial charge in [0.1, 0.15) is 28.1 Å². The molecule has 134 valence electrons. The molecule has 4 rings (SSSR count). The molecule has 0 aliphatic carbocycles. The summed E-state index contributed by atoms with van der Waals surface area (Å²) < 4.78 is 10.6. The van der Waals surface area contributed by atoms with Gasteiger partial charge in [0.25, 0.3) is 0 Å². The molecule has 0 saturated carbocycles. The monoisotopic (exact) mass is 389 g/mol. The molecule has 0 radical (unpaired) electrons. The van der Waals surface area contributed by atoms with Gasteiger partial charge in [0.05, 0.1) is 20.3 Å². The van der Waals surface area contributed by atoms with Crippen molar-refractivity contribution in [3.8, 4) is 5.75 Å². The number of fused-ring (bicyclic) bond motifs is 1. The van der Waals surface area contributed by atoms with Gasteiger partial charge >= 0.3 is 0 Å². The Balaban J connectivity index is 1.74. The zero-order valence-electron chi connectivity index (χ0n) is 14.1. The van der Waals surface area contributed by atoms with Crippen molar-refractivity contribution in [2.75, 3.05) is 38.3 Å². The van der Waals surface area contributed by atoms with E-state index in [0.29, 0.717) is 24.2 Å². The number of morpholine rings is 1. The van der Waals surface area contributed by atoms with Gasteiger partial charge in [-0.1, -0.05) is 11.8 Å². The van der Waals surface area contributed by atoms with Crippen LogP contribution in [0.2, 0.25) is 5.28 Å². The van der Waals surface area contributed by atoms with Crippen molar-refractivity contribution < 1.29 is 9.47 Å². The quantitative estimate of drug-likeness (QED) is 0.498. The molecule has 3 aromatic rings. The number of ether oxygens (including phenoxy) is 2. The second kappa shape index (κ2) is 7.61. The van der Waals surface area contributed by atoms with Gasteiger partial charge < -0.3 is 14.4 Å². The largest absolute Gasteiger partial charge is 0.497 e. The third-order valence-electron chi connectivity index (χ3n) is 3.99. The minimum absolute atomic E-state index is 0.186. The van der Waals surface area contributed by atoms with Crippen LogP contribution in [0.4, 0.5) is 5.82 Å². The maximum atomic E-state index is 6.20. The standard InChI is InChI=1S/C17H16ClN5O2S/c1-24-11-2-4-12(5-3-11)26-16-14-13(19-10-20-16)15(22-17(18)21-14)23-6-8-25-9-7-23/h2-5,10H,6-9H2,1H3. The van der Waals surface area contributed by atoms with Gasteiger partial charge in [-0.05, 0) is 35.9 Å². The van der Waals surface area contributed by atoms with Crippen molar-refractivity contribution in [3.05, 3.63) is 35.9 Å². The van der Waals surface area contributed by atoms with E-state index in [1.54, 1.807) is 7.11 Å². The molecule has 9 heteroatoms. The lowest BCUT2D eigenvalue weighted by Crippen LogP contribution is -2.37. The molecule has 1 aromatic carbocycles. The van der Waals surface area contributed by atoms with E-state index < -0.39 is 0 Å². The van der Waals surface area contributed by atoms with Gasteiger partial charge in [-0.2, -0.15) is 4.98 Å². The van der Waals surface area contributed by atoms with Crippen molar-refractivity contribution in [2.45, 2.75) is 9.92 Å². The summed E-state index contributed by atoms with van der Waals surface area (Å²) in [5, 5.41) is 0.921. The van der Waals surface area contributed by atoms with Gasteiger partial charge in [-0.25, -0.2) is 15.0 Å². The van der Waals surface area contributed by atoms with Gasteiger partial charge in [0.2, 0.25) is 5.28 Å². The number of aromatic nitrogens is 4. The summed E-state index contributed by atoms with van der Waals surface area (Å²) in [7, 11) is 1.65. The van der Waals surface area contributed by atoms with Gasteiger partial charge in [-0.3, -0.25) is 0 Å². The lowest BCUT2D eigenvalue weighted by Gasteiger charge is -2.28. The average molecular weight is 390 g/mol. The molecule has 26 heavy (non-hydrogen) atoms. The van der Waals surface area contributed by atoms with Crippen LogP contribution in [-0.4, -0.2) is 53.3 Å². The van der Waals surface area contributed by atoms with Gasteiger partial charge in [-0.15, -0.1) is 0 Å². The molecule has 0 amide bonds. The topological polar surface area (TPSA) is 73.3 Å². The van der Waals surface area contributed by atoms with Crippen molar-refractivity contribution in [2.24, 2.45) is 0 Å². The van der Waals surface area contributed by atoms with Crippen LogP contribution in [0.5, 0.6) is 5.75 Å². The Hall–Kier alpha value is -2.16. The fourth-order valence-electron chi connectivity index (χ4n) is 2.71. The van der Waals surface area contributed by atoms with Crippen LogP contribution in [-0.2, 0) is 4.74 Å². The van der Waals surface area contributed by atoms with Crippen LogP contribution in [0.15, 0.2) is 40.5 Å². The van der Waals surface area contributed by atoms with E-state index in [-0.39, 0.29) is 5.28 Å². The molecule has 0 bridgehead atoms. The van der Waals surface area contributed by atoms with Crippen molar-refractivity contribution in [1.82, 2.24) is 19.9 Å². The number of hydrogen-bond acceptors (Lipinski definition) is 8. The first-order chi connectivity index (χ1) is 12.7. The molecule has 7 nitrogen and oxygen atoms in total. The second-order valence-electron chi connectivity index (χ2n) is 5.57. The maximum Gasteiger partial charge on any atom is 0.225 e. The first kappa shape index (κ1) is 17.3. The maximum absolute atomic E-state index is 6.20. The normalized spacial score (nSPS) is 14.6. The van der Waals surface area contributed by atoms with E-state index in [2.05, 4.69) is 24.8 Å². The van der Waals surface area contributed by atoms with Crippen LogP contribution in [0.25, 0.3) is 11.0 Å². The highest BCUT2D eigenvalue weighted by molar-refractivity contribution is 7.99. The van der Waals surface area contributed by atoms with Crippen molar-refractivity contribution >= 4 is 40.2 Å². The van der Waals surface area contributed by atoms with Crippen molar-refractivity contribution in [3.63, 3.8) is 0 Å². The van der Waals surface area contributed by atoms with Crippen molar-refractivity contribution in [1.29, 1.82) is 0 Å². The Morgan fingerprint density at radius 3 is 2.58 bits per heavy atom. The first-order valence-corrected chi connectivity index (χ1v) is 9.27. The van der Waals surface area contributed by atoms with Gasteiger partial charge in [0, 0.05) is 18.0 Å². The Kier molecular flexibility index (Phi) is 5.05. The Morgan fingerprint density at radius 2 is 1.85 bits per heavy atom. The van der Waals surface area contributed by atoms with Gasteiger partial charge in [0.15, 0.2) is 5.82 Å². The fraction of sp³-hybridized carbons (Fsp3) is 0.294. The molecule has 0 N–H and O–H groups in total. The van der Waals surface area contributed by atoms with Crippen LogP contribution in [0.1, 0.15) is 0 Å². The van der Waals surface area contributed by atoms with E-state index in [1.807, 2.05) is 24.3 Å². The molecule has 1 saturated heterocycles. The molecule has 0 atom stereocenters. The molecule has 2 aromatic heterocycles. The number of rotatable bonds is 4. The molecule has 1 aliphatic heterocycles. The Labute approximate surface area is 159 Å². The zero-order valence-corrected chi connectivity index (χ0v) is 15.6. The zero-order chi connectivity index (χ0) is 17.9. The smallest absolute Gasteiger partial charge is 0.225 e. The minimum atomic E-state index is 0.186. The summed E-state index contributed by atoms with van der Waals surface area (Å²) in [5.74, 6) is 1.53. The molecule has 0 spiro atoms. The number of nitrogens with zero attached hydrogens (tertiary/aromatic N) is 5. The first-order valence-electron chi connectivity index (χ1n) is 8.07. The summed E-state index contributed by atoms with van der Waals surface area (Å²) in [6.45, 7) is 2.80. The van der Waals surface area contributed by atoms with Crippen LogP contribution >= 0.6 is 23.4 Å². The predicted molar refractivity (Wildman–Crippen MR) is 100 cm³/mol. The minimum Gasteiger partial charge on any atom is -0.497 e. The molecular weight excluding hydrogens is 374 g/mol. The number of methoxy groups -OCH3 is 1. The highest BCUT2D eigenvalue weighted by Crippen LogP contribution is 2.34. The summed E-state index contributed by atoms with van der Waals surface area (Å²) in [6.07, 6.45) is 1.54. The summed E-state index contributed by atoms with van der Waals surface area (Å²) in [5.41, 5.74) is 1.34. The van der Waals surface area contributed by atoms with Crippen LogP contribution in [0.3, 0.4) is 0 Å². The number of benzene rings is 1. The van der Waals surface area contributed by atoms with E-state index in [0.717, 1.165) is 34.6 Å². The summed E-state index contributed by atoms with van der Waals surface area (Å²) >= 11 is 7.70. The van der Waals surface area contributed by atoms with E-state index >= 15 is 0 Å². The molecule has 1 aliphatic rings. The number of halogens is 1.